The number of hydrogen-bond donors (Lipinski definition) is 1. The van der Waals surface area contributed by atoms with Crippen molar-refractivity contribution in [1.29, 1.82) is 0 Å². The monoisotopic (exact) mass is 318 g/mol. The lowest BCUT2D eigenvalue weighted by atomic mass is 9.72. The summed E-state index contributed by atoms with van der Waals surface area (Å²) in [6, 6.07) is 0. The molecule has 0 aromatic rings. The van der Waals surface area contributed by atoms with E-state index in [1.165, 1.54) is 0 Å². The van der Waals surface area contributed by atoms with Crippen molar-refractivity contribution in [2.24, 2.45) is 22.2 Å². The lowest BCUT2D eigenvalue weighted by molar-refractivity contribution is 0.175. The lowest BCUT2D eigenvalue weighted by Crippen LogP contribution is -2.37. The van der Waals surface area contributed by atoms with Crippen LogP contribution in [0.15, 0.2) is 0 Å². The first-order valence-electron chi connectivity index (χ1n) is 8.29. The van der Waals surface area contributed by atoms with Gasteiger partial charge in [0.25, 0.3) is 0 Å². The summed E-state index contributed by atoms with van der Waals surface area (Å²) in [5.41, 5.74) is 0.00940. The van der Waals surface area contributed by atoms with Crippen LogP contribution < -0.4 is 0 Å². The minimum Gasteiger partial charge on any atom is -0.344 e. The average Bonchev–Trinajstić information content (AvgIpc) is 2.07. The van der Waals surface area contributed by atoms with E-state index < -0.39 is 7.37 Å². The first-order chi connectivity index (χ1) is 8.98. The molecule has 0 heterocycles. The summed E-state index contributed by atoms with van der Waals surface area (Å²) >= 11 is 0. The molecule has 0 bridgehead atoms. The molecule has 2 atom stereocenters. The van der Waals surface area contributed by atoms with Gasteiger partial charge in [0.1, 0.15) is 0 Å². The number of hydrogen-bond acceptors (Lipinski definition) is 1. The van der Waals surface area contributed by atoms with Crippen molar-refractivity contribution in [3.8, 4) is 0 Å². The van der Waals surface area contributed by atoms with E-state index in [4.69, 9.17) is 0 Å². The Balaban J connectivity index is 5.34. The normalized spacial score (nSPS) is 18.7. The predicted molar refractivity (Wildman–Crippen MR) is 95.2 cm³/mol. The van der Waals surface area contributed by atoms with Crippen LogP contribution in [0.5, 0.6) is 0 Å². The Kier molecular flexibility index (Phi) is 6.81. The maximum atomic E-state index is 13.1. The summed E-state index contributed by atoms with van der Waals surface area (Å²) in [6.45, 7) is 21.6. The Labute approximate surface area is 133 Å². The summed E-state index contributed by atoms with van der Waals surface area (Å²) < 4.78 is 13.1. The second-order valence-electron chi connectivity index (χ2n) is 10.2. The van der Waals surface area contributed by atoms with E-state index in [0.717, 1.165) is 12.8 Å². The van der Waals surface area contributed by atoms with Gasteiger partial charge in [-0.3, -0.25) is 4.57 Å². The van der Waals surface area contributed by atoms with Crippen LogP contribution in [0.25, 0.3) is 0 Å². The molecule has 3 heteroatoms. The molecule has 21 heavy (non-hydrogen) atoms. The van der Waals surface area contributed by atoms with E-state index in [0.29, 0.717) is 6.16 Å². The molecule has 0 aliphatic rings. The molecule has 0 aromatic carbocycles. The molecule has 2 nitrogen and oxygen atoms in total. The van der Waals surface area contributed by atoms with E-state index in [1.54, 1.807) is 0 Å². The largest absolute Gasteiger partial charge is 0.344 e. The summed E-state index contributed by atoms with van der Waals surface area (Å²) in [7, 11) is -3.16. The molecule has 0 radical (unpaired) electrons. The molecule has 0 aromatic heterocycles. The van der Waals surface area contributed by atoms with Gasteiger partial charge in [-0.05, 0) is 35.0 Å². The van der Waals surface area contributed by atoms with E-state index >= 15 is 0 Å². The minimum absolute atomic E-state index is 0.105. The van der Waals surface area contributed by atoms with Crippen molar-refractivity contribution in [3.63, 3.8) is 0 Å². The van der Waals surface area contributed by atoms with Gasteiger partial charge in [-0.15, -0.1) is 0 Å². The standard InChI is InChI=1S/C18H39O2P/c1-14(2)15(18(9,10)13-17(6,7)8)21(19,20)12-11-16(3,4)5/h14-15H,11-13H2,1-10H3,(H,19,20). The Morgan fingerprint density at radius 2 is 1.33 bits per heavy atom. The van der Waals surface area contributed by atoms with Crippen LogP contribution in [0, 0.1) is 22.2 Å². The third kappa shape index (κ3) is 7.84. The zero-order chi connectivity index (χ0) is 17.3. The molecule has 2 unspecified atom stereocenters. The van der Waals surface area contributed by atoms with Gasteiger partial charge in [-0.2, -0.15) is 0 Å². The van der Waals surface area contributed by atoms with Crippen LogP contribution in [0.2, 0.25) is 0 Å². The van der Waals surface area contributed by atoms with Crippen molar-refractivity contribution in [1.82, 2.24) is 0 Å². The van der Waals surface area contributed by atoms with Crippen molar-refractivity contribution in [3.05, 3.63) is 0 Å². The third-order valence-electron chi connectivity index (χ3n) is 4.03. The van der Waals surface area contributed by atoms with Gasteiger partial charge in [-0.25, -0.2) is 0 Å². The van der Waals surface area contributed by atoms with Gasteiger partial charge < -0.3 is 4.89 Å². The molecule has 0 saturated carbocycles. The van der Waals surface area contributed by atoms with Crippen molar-refractivity contribution < 1.29 is 9.46 Å². The Bertz CT molecular complexity index is 370. The molecule has 0 fully saturated rings. The molecule has 1 N–H and O–H groups in total. The zero-order valence-corrected chi connectivity index (χ0v) is 17.0. The van der Waals surface area contributed by atoms with Gasteiger partial charge in [0.05, 0.1) is 0 Å². The maximum Gasteiger partial charge on any atom is 0.204 e. The third-order valence-corrected chi connectivity index (χ3v) is 7.06. The first kappa shape index (κ1) is 21.2. The van der Waals surface area contributed by atoms with E-state index in [9.17, 15) is 9.46 Å². The van der Waals surface area contributed by atoms with E-state index in [2.05, 4.69) is 69.2 Å². The van der Waals surface area contributed by atoms with Gasteiger partial charge in [0, 0.05) is 11.8 Å². The van der Waals surface area contributed by atoms with Crippen LogP contribution in [-0.4, -0.2) is 16.7 Å². The summed E-state index contributed by atoms with van der Waals surface area (Å²) in [6.07, 6.45) is 2.20. The SMILES string of the molecule is CC(C)C(C(C)(C)CC(C)(C)C)P(=O)(O)CCC(C)(C)C. The highest BCUT2D eigenvalue weighted by atomic mass is 31.2. The quantitative estimate of drug-likeness (QED) is 0.594. The summed E-state index contributed by atoms with van der Waals surface area (Å²) in [5.74, 6) is 0.221. The molecule has 0 aliphatic heterocycles. The van der Waals surface area contributed by atoms with Crippen molar-refractivity contribution >= 4 is 7.37 Å². The van der Waals surface area contributed by atoms with E-state index in [-0.39, 0.29) is 27.8 Å². The van der Waals surface area contributed by atoms with Gasteiger partial charge >= 0.3 is 0 Å². The van der Waals surface area contributed by atoms with Gasteiger partial charge in [0.15, 0.2) is 0 Å². The predicted octanol–water partition coefficient (Wildman–Crippen LogP) is 6.18. The molecule has 0 saturated heterocycles. The highest BCUT2D eigenvalue weighted by molar-refractivity contribution is 7.58. The molecule has 0 rings (SSSR count). The number of rotatable bonds is 6. The lowest BCUT2D eigenvalue weighted by Gasteiger charge is -2.43. The first-order valence-corrected chi connectivity index (χ1v) is 10.2. The van der Waals surface area contributed by atoms with Crippen molar-refractivity contribution in [2.45, 2.75) is 87.7 Å². The highest BCUT2D eigenvalue weighted by Crippen LogP contribution is 2.59. The summed E-state index contributed by atoms with van der Waals surface area (Å²) in [5, 5.41) is 0. The molecular weight excluding hydrogens is 279 g/mol. The Morgan fingerprint density at radius 3 is 1.62 bits per heavy atom. The molecule has 128 valence electrons. The second kappa shape index (κ2) is 6.75. The molecule has 0 spiro atoms. The topological polar surface area (TPSA) is 37.3 Å². The average molecular weight is 318 g/mol. The Morgan fingerprint density at radius 1 is 0.905 bits per heavy atom. The maximum absolute atomic E-state index is 13.1. The molecule has 0 aliphatic carbocycles. The zero-order valence-electron chi connectivity index (χ0n) is 16.1. The molecular formula is C18H39O2P. The smallest absolute Gasteiger partial charge is 0.204 e. The second-order valence-corrected chi connectivity index (χ2v) is 12.7. The van der Waals surface area contributed by atoms with Crippen LogP contribution in [0.3, 0.4) is 0 Å². The fourth-order valence-corrected chi connectivity index (χ4v) is 7.41. The molecule has 0 amide bonds. The highest BCUT2D eigenvalue weighted by Gasteiger charge is 2.45. The Hall–Kier alpha value is 0.190. The van der Waals surface area contributed by atoms with Crippen LogP contribution in [0.1, 0.15) is 82.1 Å². The van der Waals surface area contributed by atoms with Gasteiger partial charge in [-0.1, -0.05) is 69.2 Å². The van der Waals surface area contributed by atoms with Crippen molar-refractivity contribution in [2.75, 3.05) is 6.16 Å². The van der Waals surface area contributed by atoms with Crippen LogP contribution in [-0.2, 0) is 4.57 Å². The van der Waals surface area contributed by atoms with Gasteiger partial charge in [0.2, 0.25) is 7.37 Å². The van der Waals surface area contributed by atoms with E-state index in [1.807, 2.05) is 0 Å². The van der Waals surface area contributed by atoms with Crippen LogP contribution >= 0.6 is 7.37 Å². The summed E-state index contributed by atoms with van der Waals surface area (Å²) in [4.78, 5) is 10.8. The van der Waals surface area contributed by atoms with Crippen LogP contribution in [0.4, 0.5) is 0 Å². The minimum atomic E-state index is -3.16. The fourth-order valence-electron chi connectivity index (χ4n) is 4.02. The fraction of sp³-hybridized carbons (Fsp3) is 1.00.